The van der Waals surface area contributed by atoms with Gasteiger partial charge in [0.1, 0.15) is 6.54 Å². The number of nitrogens with zero attached hydrogens (tertiary/aromatic N) is 8. The Morgan fingerprint density at radius 3 is 2.90 bits per heavy atom. The van der Waals surface area contributed by atoms with E-state index in [4.69, 9.17) is 0 Å². The van der Waals surface area contributed by atoms with E-state index in [1.807, 2.05) is 4.68 Å². The van der Waals surface area contributed by atoms with Gasteiger partial charge in [0.15, 0.2) is 5.82 Å². The number of hydrogen-bond donors (Lipinski definition) is 0. The second-order valence-corrected chi connectivity index (χ2v) is 5.20. The Balaban J connectivity index is 1.64. The zero-order valence-corrected chi connectivity index (χ0v) is 11.5. The van der Waals surface area contributed by atoms with Crippen molar-refractivity contribution in [2.75, 3.05) is 7.11 Å². The highest BCUT2D eigenvalue weighted by molar-refractivity contribution is 7.98. The highest BCUT2D eigenvalue weighted by Gasteiger charge is 2.27. The first-order valence-electron chi connectivity index (χ1n) is 6.00. The minimum absolute atomic E-state index is 0.0145. The van der Waals surface area contributed by atoms with Gasteiger partial charge >= 0.3 is 5.97 Å². The maximum Gasteiger partial charge on any atom is 0.327 e. The van der Waals surface area contributed by atoms with Crippen LogP contribution in [0.1, 0.15) is 24.7 Å². The van der Waals surface area contributed by atoms with E-state index in [2.05, 4.69) is 35.8 Å². The monoisotopic (exact) mass is 296 g/mol. The van der Waals surface area contributed by atoms with Crippen molar-refractivity contribution < 1.29 is 9.53 Å². The number of rotatable bonds is 6. The van der Waals surface area contributed by atoms with Gasteiger partial charge < -0.3 is 4.74 Å². The van der Waals surface area contributed by atoms with Gasteiger partial charge in [-0.25, -0.2) is 9.36 Å². The Morgan fingerprint density at radius 1 is 1.35 bits per heavy atom. The summed E-state index contributed by atoms with van der Waals surface area (Å²) in [4.78, 5) is 11.2. The molecule has 0 unspecified atom stereocenters. The Kier molecular flexibility index (Phi) is 3.58. The van der Waals surface area contributed by atoms with Crippen LogP contribution in [0.2, 0.25) is 0 Å². The maximum absolute atomic E-state index is 11.2. The zero-order valence-electron chi connectivity index (χ0n) is 10.7. The second kappa shape index (κ2) is 5.53. The number of ether oxygens (including phenoxy) is 1. The molecule has 106 valence electrons. The van der Waals surface area contributed by atoms with Gasteiger partial charge in [0, 0.05) is 0 Å². The molecule has 1 aliphatic carbocycles. The first kappa shape index (κ1) is 13.0. The third kappa shape index (κ3) is 2.76. The first-order valence-corrected chi connectivity index (χ1v) is 6.99. The largest absolute Gasteiger partial charge is 0.468 e. The lowest BCUT2D eigenvalue weighted by Crippen LogP contribution is -2.14. The molecule has 0 radical (unpaired) electrons. The Bertz CT molecular complexity index is 607. The van der Waals surface area contributed by atoms with Gasteiger partial charge in [-0.2, -0.15) is 0 Å². The molecule has 0 amide bonds. The predicted molar refractivity (Wildman–Crippen MR) is 65.5 cm³/mol. The second-order valence-electron chi connectivity index (χ2n) is 4.25. The fourth-order valence-electron chi connectivity index (χ4n) is 1.63. The van der Waals surface area contributed by atoms with Gasteiger partial charge in [-0.15, -0.1) is 10.2 Å². The van der Waals surface area contributed by atoms with Crippen LogP contribution in [0.3, 0.4) is 0 Å². The molecule has 3 rings (SSSR count). The summed E-state index contributed by atoms with van der Waals surface area (Å²) in [5.74, 6) is 0.928. The molecule has 2 aromatic heterocycles. The van der Waals surface area contributed by atoms with Crippen molar-refractivity contribution in [1.82, 2.24) is 40.4 Å². The molecule has 2 heterocycles. The highest BCUT2D eigenvalue weighted by atomic mass is 32.2. The molecule has 1 saturated carbocycles. The van der Waals surface area contributed by atoms with Crippen LogP contribution in [-0.4, -0.2) is 53.5 Å². The molecule has 10 nitrogen and oxygen atoms in total. The summed E-state index contributed by atoms with van der Waals surface area (Å²) >= 11 is 1.38. The number of tetrazole rings is 2. The van der Waals surface area contributed by atoms with Gasteiger partial charge in [-0.3, -0.25) is 4.79 Å². The summed E-state index contributed by atoms with van der Waals surface area (Å²) in [6.07, 6.45) is 2.23. The SMILES string of the molecule is COC(=O)Cn1nnnc1SCc1nnnn1C1CC1. The standard InChI is InChI=1S/C9H12N8O2S/c1-19-8(18)4-16-9(11-13-14-16)20-5-7-10-12-15-17(7)6-2-3-6/h6H,2-5H2,1H3. The van der Waals surface area contributed by atoms with Gasteiger partial charge in [-0.05, 0) is 33.7 Å². The van der Waals surface area contributed by atoms with E-state index >= 15 is 0 Å². The fourth-order valence-corrected chi connectivity index (χ4v) is 2.42. The fraction of sp³-hybridized carbons (Fsp3) is 0.667. The molecular weight excluding hydrogens is 284 g/mol. The molecule has 11 heteroatoms. The number of esters is 1. The summed E-state index contributed by atoms with van der Waals surface area (Å²) in [6, 6.07) is 0.423. The van der Waals surface area contributed by atoms with Crippen LogP contribution >= 0.6 is 11.8 Å². The van der Waals surface area contributed by atoms with Crippen molar-refractivity contribution in [1.29, 1.82) is 0 Å². The van der Waals surface area contributed by atoms with Crippen molar-refractivity contribution >= 4 is 17.7 Å². The summed E-state index contributed by atoms with van der Waals surface area (Å²) in [7, 11) is 1.32. The van der Waals surface area contributed by atoms with E-state index in [1.165, 1.54) is 23.6 Å². The maximum atomic E-state index is 11.2. The Morgan fingerprint density at radius 2 is 2.15 bits per heavy atom. The zero-order chi connectivity index (χ0) is 13.9. The van der Waals surface area contributed by atoms with E-state index in [1.54, 1.807) is 0 Å². The van der Waals surface area contributed by atoms with Gasteiger partial charge in [-0.1, -0.05) is 11.8 Å². The van der Waals surface area contributed by atoms with Crippen molar-refractivity contribution in [3.63, 3.8) is 0 Å². The normalized spacial score (nSPS) is 14.4. The summed E-state index contributed by atoms with van der Waals surface area (Å²) in [5, 5.41) is 23.4. The van der Waals surface area contributed by atoms with Crippen LogP contribution in [0.5, 0.6) is 0 Å². The predicted octanol–water partition coefficient (Wildman–Crippen LogP) is -0.540. The number of aromatic nitrogens is 8. The molecule has 0 saturated heterocycles. The average molecular weight is 296 g/mol. The smallest absolute Gasteiger partial charge is 0.327 e. The number of hydrogen-bond acceptors (Lipinski definition) is 9. The molecule has 0 aliphatic heterocycles. The van der Waals surface area contributed by atoms with E-state index in [0.29, 0.717) is 17.0 Å². The third-order valence-corrected chi connectivity index (χ3v) is 3.74. The summed E-state index contributed by atoms with van der Waals surface area (Å²) in [6.45, 7) is -0.0145. The summed E-state index contributed by atoms with van der Waals surface area (Å²) in [5.41, 5.74) is 0. The molecule has 0 aromatic carbocycles. The van der Waals surface area contributed by atoms with Crippen LogP contribution in [-0.2, 0) is 21.8 Å². The minimum atomic E-state index is -0.401. The minimum Gasteiger partial charge on any atom is -0.468 e. The van der Waals surface area contributed by atoms with Crippen LogP contribution in [0.15, 0.2) is 5.16 Å². The van der Waals surface area contributed by atoms with E-state index in [9.17, 15) is 4.79 Å². The van der Waals surface area contributed by atoms with Crippen LogP contribution in [0.4, 0.5) is 0 Å². The molecule has 0 N–H and O–H groups in total. The molecule has 1 aliphatic rings. The molecule has 0 atom stereocenters. The van der Waals surface area contributed by atoms with E-state index in [-0.39, 0.29) is 6.54 Å². The third-order valence-electron chi connectivity index (χ3n) is 2.79. The van der Waals surface area contributed by atoms with Crippen LogP contribution < -0.4 is 0 Å². The van der Waals surface area contributed by atoms with Crippen LogP contribution in [0, 0.1) is 0 Å². The molecule has 20 heavy (non-hydrogen) atoms. The van der Waals surface area contributed by atoms with E-state index in [0.717, 1.165) is 18.7 Å². The van der Waals surface area contributed by atoms with Gasteiger partial charge in [0.25, 0.3) is 0 Å². The molecule has 1 fully saturated rings. The van der Waals surface area contributed by atoms with Crippen LogP contribution in [0.25, 0.3) is 0 Å². The van der Waals surface area contributed by atoms with E-state index < -0.39 is 5.97 Å². The number of carbonyl (C=O) groups is 1. The molecule has 2 aromatic rings. The first-order chi connectivity index (χ1) is 9.78. The topological polar surface area (TPSA) is 114 Å². The number of methoxy groups -OCH3 is 1. The molecular formula is C9H12N8O2S. The average Bonchev–Trinajstić information content (AvgIpc) is 3.03. The lowest BCUT2D eigenvalue weighted by Gasteiger charge is -2.03. The van der Waals surface area contributed by atoms with Gasteiger partial charge in [0.2, 0.25) is 5.16 Å². The lowest BCUT2D eigenvalue weighted by atomic mass is 10.6. The van der Waals surface area contributed by atoms with Gasteiger partial charge in [0.05, 0.1) is 18.9 Å². The number of thioether (sulfide) groups is 1. The van der Waals surface area contributed by atoms with Crippen molar-refractivity contribution in [3.8, 4) is 0 Å². The van der Waals surface area contributed by atoms with Crippen molar-refractivity contribution in [2.24, 2.45) is 0 Å². The summed E-state index contributed by atoms with van der Waals surface area (Å²) < 4.78 is 7.81. The van der Waals surface area contributed by atoms with Crippen molar-refractivity contribution in [3.05, 3.63) is 5.82 Å². The quantitative estimate of drug-likeness (QED) is 0.512. The molecule has 0 bridgehead atoms. The Labute approximate surface area is 117 Å². The number of carbonyl (C=O) groups excluding carboxylic acids is 1. The highest BCUT2D eigenvalue weighted by Crippen LogP contribution is 2.35. The Hall–Kier alpha value is -2.04. The molecule has 0 spiro atoms. The lowest BCUT2D eigenvalue weighted by molar-refractivity contribution is -0.141. The van der Waals surface area contributed by atoms with Crippen molar-refractivity contribution in [2.45, 2.75) is 36.3 Å².